The van der Waals surface area contributed by atoms with E-state index in [9.17, 15) is 37.8 Å². The van der Waals surface area contributed by atoms with Crippen LogP contribution >= 0.6 is 0 Å². The molecule has 2 rings (SSSR count). The number of amides is 1. The summed E-state index contributed by atoms with van der Waals surface area (Å²) in [4.78, 5) is 44.4. The molecular formula is C11H9NNa2O9S. The first-order valence-corrected chi connectivity index (χ1v) is 7.39. The van der Waals surface area contributed by atoms with Gasteiger partial charge in [0.05, 0.1) is 23.6 Å². The molecule has 0 unspecified atom stereocenters. The first-order chi connectivity index (χ1) is 10.1. The molecule has 0 spiro atoms. The van der Waals surface area contributed by atoms with Gasteiger partial charge in [0.2, 0.25) is 0 Å². The number of carbonyl (C=O) groups is 4. The largest absolute Gasteiger partial charge is 1.00 e. The molecule has 24 heavy (non-hydrogen) atoms. The SMILES string of the molecule is C[C@]1(COC=O)[C@H](C(=O)[O-])N2C(=O)/C(=C\C(=O)[O-])[C@H]2S1(=O)=O.[Na+].[Na+]. The Bertz CT molecular complexity index is 719. The Balaban J connectivity index is 0.00000264. The fourth-order valence-electron chi connectivity index (χ4n) is 2.70. The summed E-state index contributed by atoms with van der Waals surface area (Å²) in [7, 11) is -4.38. The molecule has 0 saturated carbocycles. The standard InChI is InChI=1S/C11H11NO9S.2Na/c1-11(3-21-4-13)7(10(17)18)12-8(16)5(2-6(14)15)9(12)22(11,19)20;;/h2,4,7,9H,3H2,1H3,(H,14,15)(H,17,18);;/q;2*+1/p-2/b5-2+;;/t7-,9+,11-;;/m0../s1. The first-order valence-electron chi connectivity index (χ1n) is 5.84. The third kappa shape index (κ3) is 3.18. The number of sulfone groups is 1. The number of β-lactam (4-membered cyclic amide) rings is 1. The van der Waals surface area contributed by atoms with Crippen molar-refractivity contribution in [1.82, 2.24) is 4.90 Å². The molecule has 13 heteroatoms. The summed E-state index contributed by atoms with van der Waals surface area (Å²) in [5, 5.41) is 20.1. The Morgan fingerprint density at radius 2 is 1.88 bits per heavy atom. The van der Waals surface area contributed by atoms with E-state index in [-0.39, 0.29) is 65.6 Å². The number of fused-ring (bicyclic) bond motifs is 1. The van der Waals surface area contributed by atoms with Gasteiger partial charge in [0.1, 0.15) is 11.4 Å². The molecule has 120 valence electrons. The number of hydrogen-bond acceptors (Lipinski definition) is 9. The average molecular weight is 377 g/mol. The average Bonchev–Trinajstić information content (AvgIpc) is 2.57. The zero-order chi connectivity index (χ0) is 16.9. The van der Waals surface area contributed by atoms with Gasteiger partial charge in [-0.1, -0.05) is 0 Å². The summed E-state index contributed by atoms with van der Waals surface area (Å²) >= 11 is 0. The Morgan fingerprint density at radius 1 is 1.33 bits per heavy atom. The van der Waals surface area contributed by atoms with E-state index in [4.69, 9.17) is 0 Å². The smallest absolute Gasteiger partial charge is 0.548 e. The first kappa shape index (κ1) is 23.6. The van der Waals surface area contributed by atoms with Crippen LogP contribution in [-0.4, -0.2) is 60.4 Å². The maximum absolute atomic E-state index is 12.5. The van der Waals surface area contributed by atoms with E-state index in [0.717, 1.165) is 6.92 Å². The van der Waals surface area contributed by atoms with Crippen LogP contribution in [0.15, 0.2) is 11.6 Å². The number of carboxylic acids is 2. The van der Waals surface area contributed by atoms with Crippen molar-refractivity contribution < 1.29 is 102 Å². The van der Waals surface area contributed by atoms with Crippen molar-refractivity contribution in [2.75, 3.05) is 6.61 Å². The summed E-state index contributed by atoms with van der Waals surface area (Å²) in [6.45, 7) is 0.0906. The molecule has 2 saturated heterocycles. The Morgan fingerprint density at radius 3 is 2.29 bits per heavy atom. The molecule has 0 radical (unpaired) electrons. The summed E-state index contributed by atoms with van der Waals surface area (Å²) in [5.41, 5.74) is -0.610. The molecule has 0 bridgehead atoms. The molecule has 1 amide bonds. The number of rotatable bonds is 5. The van der Waals surface area contributed by atoms with Crippen LogP contribution in [0.25, 0.3) is 0 Å². The maximum Gasteiger partial charge on any atom is 1.00 e. The maximum atomic E-state index is 12.5. The van der Waals surface area contributed by atoms with Crippen LogP contribution in [0, 0.1) is 0 Å². The molecule has 2 heterocycles. The van der Waals surface area contributed by atoms with E-state index in [1.807, 2.05) is 0 Å². The molecule has 0 aliphatic carbocycles. The molecule has 0 aromatic rings. The monoisotopic (exact) mass is 377 g/mol. The second-order valence-corrected chi connectivity index (χ2v) is 7.44. The molecule has 0 aromatic heterocycles. The third-order valence-electron chi connectivity index (χ3n) is 3.74. The van der Waals surface area contributed by atoms with Crippen molar-refractivity contribution in [3.63, 3.8) is 0 Å². The minimum Gasteiger partial charge on any atom is -0.548 e. The molecule has 0 N–H and O–H groups in total. The Hall–Kier alpha value is -0.430. The second kappa shape index (κ2) is 7.85. The predicted molar refractivity (Wildman–Crippen MR) is 61.9 cm³/mol. The zero-order valence-electron chi connectivity index (χ0n) is 13.0. The van der Waals surface area contributed by atoms with Crippen molar-refractivity contribution in [3.8, 4) is 0 Å². The van der Waals surface area contributed by atoms with E-state index in [0.29, 0.717) is 11.0 Å². The predicted octanol–water partition coefficient (Wildman–Crippen LogP) is -10.7. The number of carboxylic acid groups (broad SMARTS) is 2. The van der Waals surface area contributed by atoms with Gasteiger partial charge in [0.25, 0.3) is 12.4 Å². The van der Waals surface area contributed by atoms with Crippen LogP contribution in [0.3, 0.4) is 0 Å². The second-order valence-electron chi connectivity index (χ2n) is 4.97. The van der Waals surface area contributed by atoms with Gasteiger partial charge in [-0.25, -0.2) is 8.42 Å². The molecule has 2 aliphatic rings. The summed E-state index contributed by atoms with van der Waals surface area (Å²) in [6.07, 6.45) is 0.305. The normalized spacial score (nSPS) is 31.1. The van der Waals surface area contributed by atoms with E-state index in [1.165, 1.54) is 0 Å². The molecule has 3 atom stereocenters. The third-order valence-corrected chi connectivity index (χ3v) is 6.45. The van der Waals surface area contributed by atoms with Crippen LogP contribution < -0.4 is 69.3 Å². The van der Waals surface area contributed by atoms with Crippen LogP contribution in [0.4, 0.5) is 0 Å². The van der Waals surface area contributed by atoms with Crippen LogP contribution in [0.5, 0.6) is 0 Å². The zero-order valence-corrected chi connectivity index (χ0v) is 17.9. The summed E-state index contributed by atoms with van der Waals surface area (Å²) in [6, 6.07) is -1.91. The van der Waals surface area contributed by atoms with E-state index in [1.54, 1.807) is 0 Å². The molecular weight excluding hydrogens is 368 g/mol. The van der Waals surface area contributed by atoms with E-state index >= 15 is 0 Å². The Labute approximate surface area is 180 Å². The number of ether oxygens (including phenoxy) is 1. The molecule has 0 aromatic carbocycles. The van der Waals surface area contributed by atoms with E-state index < -0.39 is 56.0 Å². The van der Waals surface area contributed by atoms with Crippen molar-refractivity contribution in [1.29, 1.82) is 0 Å². The van der Waals surface area contributed by atoms with Crippen LogP contribution in [0.1, 0.15) is 6.92 Å². The molecule has 10 nitrogen and oxygen atoms in total. The minimum atomic E-state index is -4.38. The Kier molecular flexibility index (Phi) is 7.71. The van der Waals surface area contributed by atoms with Gasteiger partial charge in [-0.2, -0.15) is 0 Å². The topological polar surface area (TPSA) is 161 Å². The molecule has 2 fully saturated rings. The van der Waals surface area contributed by atoms with Crippen molar-refractivity contribution in [2.24, 2.45) is 0 Å². The van der Waals surface area contributed by atoms with Gasteiger partial charge in [0, 0.05) is 0 Å². The summed E-state index contributed by atoms with van der Waals surface area (Å²) < 4.78 is 27.2. The molecule has 2 aliphatic heterocycles. The van der Waals surface area contributed by atoms with Crippen molar-refractivity contribution >= 4 is 34.2 Å². The van der Waals surface area contributed by atoms with Gasteiger partial charge in [-0.3, -0.25) is 9.59 Å². The van der Waals surface area contributed by atoms with Crippen LogP contribution in [-0.2, 0) is 33.8 Å². The van der Waals surface area contributed by atoms with Crippen molar-refractivity contribution in [2.45, 2.75) is 23.1 Å². The number of carbonyl (C=O) groups excluding carboxylic acids is 4. The van der Waals surface area contributed by atoms with E-state index in [2.05, 4.69) is 4.74 Å². The van der Waals surface area contributed by atoms with Crippen LogP contribution in [0.2, 0.25) is 0 Å². The van der Waals surface area contributed by atoms with Gasteiger partial charge < -0.3 is 29.4 Å². The van der Waals surface area contributed by atoms with Gasteiger partial charge in [-0.15, -0.1) is 0 Å². The fraction of sp³-hybridized carbons (Fsp3) is 0.455. The number of aliphatic carboxylic acids is 2. The van der Waals surface area contributed by atoms with Crippen molar-refractivity contribution in [3.05, 3.63) is 11.6 Å². The fourth-order valence-corrected chi connectivity index (χ4v) is 4.99. The summed E-state index contributed by atoms with van der Waals surface area (Å²) in [5.74, 6) is -4.72. The number of hydrogen-bond donors (Lipinski definition) is 0. The minimum absolute atomic E-state index is 0. The number of nitrogens with zero attached hydrogens (tertiary/aromatic N) is 1. The van der Waals surface area contributed by atoms with Gasteiger partial charge in [-0.05, 0) is 13.0 Å². The van der Waals surface area contributed by atoms with Gasteiger partial charge in [0.15, 0.2) is 15.2 Å². The van der Waals surface area contributed by atoms with Gasteiger partial charge >= 0.3 is 59.1 Å². The quantitative estimate of drug-likeness (QED) is 0.196.